The van der Waals surface area contributed by atoms with Crippen LogP contribution in [0.3, 0.4) is 0 Å². The van der Waals surface area contributed by atoms with Gasteiger partial charge in [-0.15, -0.1) is 0 Å². The van der Waals surface area contributed by atoms with Gasteiger partial charge in [-0.25, -0.2) is 0 Å². The normalized spacial score (nSPS) is 8.92. The zero-order valence-corrected chi connectivity index (χ0v) is 8.15. The maximum atomic E-state index is 2.12. The fourth-order valence-electron chi connectivity index (χ4n) is 1.26. The van der Waals surface area contributed by atoms with Crippen molar-refractivity contribution in [3.8, 4) is 11.1 Å². The molecule has 2 aromatic carbocycles. The third kappa shape index (κ3) is 2.44. The number of hydrogen-bond acceptors (Lipinski definition) is 0. The van der Waals surface area contributed by atoms with Crippen LogP contribution < -0.4 is 0 Å². The Morgan fingerprint density at radius 3 is 1.08 bits per heavy atom. The minimum Gasteiger partial charge on any atom is -0.0622 e. The molecule has 0 aliphatic rings. The van der Waals surface area contributed by atoms with Gasteiger partial charge in [-0.05, 0) is 11.1 Å². The zero-order valence-electron chi connectivity index (χ0n) is 7.11. The predicted octanol–water partition coefficient (Wildman–Crippen LogP) is 3.35. The smallest absolute Gasteiger partial charge is 0 e. The van der Waals surface area contributed by atoms with Crippen molar-refractivity contribution < 1.29 is 16.8 Å². The standard InChI is InChI=1S/C12H10.Co/c1-3-7-11(8-4-1)12-9-5-2-6-10-12;/h1-10H;. The Bertz CT molecular complexity index is 303. The van der Waals surface area contributed by atoms with Gasteiger partial charge in [0.2, 0.25) is 0 Å². The molecule has 13 heavy (non-hydrogen) atoms. The van der Waals surface area contributed by atoms with E-state index in [1.807, 2.05) is 12.1 Å². The van der Waals surface area contributed by atoms with Gasteiger partial charge in [-0.3, -0.25) is 0 Å². The maximum Gasteiger partial charge on any atom is 0 e. The Kier molecular flexibility index (Phi) is 3.74. The van der Waals surface area contributed by atoms with Gasteiger partial charge in [0.1, 0.15) is 0 Å². The summed E-state index contributed by atoms with van der Waals surface area (Å²) < 4.78 is 0. The molecular weight excluding hydrogens is 203 g/mol. The van der Waals surface area contributed by atoms with E-state index >= 15 is 0 Å². The van der Waals surface area contributed by atoms with Gasteiger partial charge in [0.05, 0.1) is 0 Å². The Hall–Kier alpha value is -1.05. The molecule has 0 aromatic heterocycles. The Morgan fingerprint density at radius 1 is 0.462 bits per heavy atom. The van der Waals surface area contributed by atoms with Crippen molar-refractivity contribution in [1.82, 2.24) is 0 Å². The summed E-state index contributed by atoms with van der Waals surface area (Å²) in [6, 6.07) is 20.8. The maximum absolute atomic E-state index is 2.12. The van der Waals surface area contributed by atoms with Gasteiger partial charge in [-0.2, -0.15) is 0 Å². The summed E-state index contributed by atoms with van der Waals surface area (Å²) in [7, 11) is 0. The molecule has 0 saturated carbocycles. The Morgan fingerprint density at radius 2 is 0.769 bits per heavy atom. The van der Waals surface area contributed by atoms with Crippen LogP contribution in [0.5, 0.6) is 0 Å². The van der Waals surface area contributed by atoms with Crippen LogP contribution in [0.2, 0.25) is 0 Å². The molecule has 1 heteroatoms. The summed E-state index contributed by atoms with van der Waals surface area (Å²) in [6.45, 7) is 0. The third-order valence-corrected chi connectivity index (χ3v) is 1.88. The Labute approximate surface area is 88.8 Å². The van der Waals surface area contributed by atoms with Crippen LogP contribution in [-0.4, -0.2) is 0 Å². The van der Waals surface area contributed by atoms with E-state index in [0.29, 0.717) is 0 Å². The van der Waals surface area contributed by atoms with Crippen LogP contribution in [0.4, 0.5) is 0 Å². The molecular formula is C12H10Co. The largest absolute Gasteiger partial charge is 0.0622 e. The molecule has 0 spiro atoms. The van der Waals surface area contributed by atoms with E-state index in [4.69, 9.17) is 0 Å². The van der Waals surface area contributed by atoms with Gasteiger partial charge in [-0.1, -0.05) is 60.7 Å². The first-order valence-corrected chi connectivity index (χ1v) is 4.07. The van der Waals surface area contributed by atoms with Crippen LogP contribution in [0.15, 0.2) is 60.7 Å². The van der Waals surface area contributed by atoms with Crippen LogP contribution >= 0.6 is 0 Å². The van der Waals surface area contributed by atoms with Crippen molar-refractivity contribution in [3.05, 3.63) is 60.7 Å². The summed E-state index contributed by atoms with van der Waals surface area (Å²) >= 11 is 0. The Balaban J connectivity index is 0.000000845. The molecule has 2 aromatic rings. The van der Waals surface area contributed by atoms with Gasteiger partial charge >= 0.3 is 0 Å². The quantitative estimate of drug-likeness (QED) is 0.681. The summed E-state index contributed by atoms with van der Waals surface area (Å²) in [5.41, 5.74) is 2.55. The summed E-state index contributed by atoms with van der Waals surface area (Å²) in [5, 5.41) is 0. The second-order valence-electron chi connectivity index (χ2n) is 2.73. The van der Waals surface area contributed by atoms with Crippen molar-refractivity contribution in [1.29, 1.82) is 0 Å². The second-order valence-corrected chi connectivity index (χ2v) is 2.73. The predicted molar refractivity (Wildman–Crippen MR) is 51.9 cm³/mol. The molecule has 0 bridgehead atoms. The van der Waals surface area contributed by atoms with Gasteiger partial charge < -0.3 is 0 Å². The molecule has 0 N–H and O–H groups in total. The average Bonchev–Trinajstić information content (AvgIpc) is 2.21. The molecule has 0 unspecified atom stereocenters. The molecule has 0 aliphatic carbocycles. The molecule has 0 fully saturated rings. The molecule has 0 nitrogen and oxygen atoms in total. The molecule has 0 aliphatic heterocycles. The van der Waals surface area contributed by atoms with E-state index in [1.165, 1.54) is 11.1 Å². The van der Waals surface area contributed by atoms with Crippen molar-refractivity contribution >= 4 is 0 Å². The van der Waals surface area contributed by atoms with Crippen LogP contribution in [0.1, 0.15) is 0 Å². The summed E-state index contributed by atoms with van der Waals surface area (Å²) in [4.78, 5) is 0. The van der Waals surface area contributed by atoms with Gasteiger partial charge in [0, 0.05) is 16.8 Å². The van der Waals surface area contributed by atoms with Crippen molar-refractivity contribution in [3.63, 3.8) is 0 Å². The fraction of sp³-hybridized carbons (Fsp3) is 0. The van der Waals surface area contributed by atoms with E-state index in [0.717, 1.165) is 0 Å². The second kappa shape index (κ2) is 4.85. The number of benzene rings is 2. The first-order valence-electron chi connectivity index (χ1n) is 4.07. The third-order valence-electron chi connectivity index (χ3n) is 1.88. The average molecular weight is 213 g/mol. The number of rotatable bonds is 1. The first-order chi connectivity index (χ1) is 5.97. The van der Waals surface area contributed by atoms with E-state index in [-0.39, 0.29) is 16.8 Å². The fourth-order valence-corrected chi connectivity index (χ4v) is 1.26. The van der Waals surface area contributed by atoms with Crippen molar-refractivity contribution in [2.24, 2.45) is 0 Å². The monoisotopic (exact) mass is 213 g/mol. The zero-order chi connectivity index (χ0) is 8.23. The van der Waals surface area contributed by atoms with E-state index in [9.17, 15) is 0 Å². The minimum absolute atomic E-state index is 0. The molecule has 1 radical (unpaired) electrons. The molecule has 67 valence electrons. The molecule has 0 saturated heterocycles. The van der Waals surface area contributed by atoms with E-state index in [1.54, 1.807) is 0 Å². The molecule has 0 amide bonds. The van der Waals surface area contributed by atoms with Crippen LogP contribution in [0.25, 0.3) is 11.1 Å². The topological polar surface area (TPSA) is 0 Å². The minimum atomic E-state index is 0. The van der Waals surface area contributed by atoms with Crippen LogP contribution in [-0.2, 0) is 16.8 Å². The SMILES string of the molecule is [Co].c1ccc(-c2ccccc2)cc1. The molecule has 2 rings (SSSR count). The van der Waals surface area contributed by atoms with Crippen molar-refractivity contribution in [2.45, 2.75) is 0 Å². The number of hydrogen-bond donors (Lipinski definition) is 0. The van der Waals surface area contributed by atoms with Gasteiger partial charge in [0.25, 0.3) is 0 Å². The summed E-state index contributed by atoms with van der Waals surface area (Å²) in [5.74, 6) is 0. The molecule has 0 heterocycles. The first kappa shape index (κ1) is 10.0. The van der Waals surface area contributed by atoms with E-state index < -0.39 is 0 Å². The molecule has 0 atom stereocenters. The summed E-state index contributed by atoms with van der Waals surface area (Å²) in [6.07, 6.45) is 0. The van der Waals surface area contributed by atoms with Gasteiger partial charge in [0.15, 0.2) is 0 Å². The van der Waals surface area contributed by atoms with E-state index in [2.05, 4.69) is 48.5 Å². The van der Waals surface area contributed by atoms with Crippen LogP contribution in [0, 0.1) is 0 Å². The van der Waals surface area contributed by atoms with Crippen molar-refractivity contribution in [2.75, 3.05) is 0 Å².